The Labute approximate surface area is 80.8 Å². The maximum absolute atomic E-state index is 10.5. The van der Waals surface area contributed by atoms with Crippen LogP contribution in [0.25, 0.3) is 0 Å². The van der Waals surface area contributed by atoms with Gasteiger partial charge in [-0.25, -0.2) is 4.79 Å². The van der Waals surface area contributed by atoms with E-state index in [0.717, 1.165) is 0 Å². The van der Waals surface area contributed by atoms with Crippen molar-refractivity contribution in [1.82, 2.24) is 5.32 Å². The van der Waals surface area contributed by atoms with Gasteiger partial charge in [0, 0.05) is 12.4 Å². The van der Waals surface area contributed by atoms with Gasteiger partial charge in [-0.1, -0.05) is 0 Å². The smallest absolute Gasteiger partial charge is 0.327 e. The molecule has 6 heteroatoms. The summed E-state index contributed by atoms with van der Waals surface area (Å²) in [5, 5.41) is 10.8. The molecule has 13 heavy (non-hydrogen) atoms. The Morgan fingerprint density at radius 1 is 1.77 bits per heavy atom. The van der Waals surface area contributed by atoms with E-state index < -0.39 is 12.0 Å². The average Bonchev–Trinajstić information content (AvgIpc) is 2.10. The quantitative estimate of drug-likeness (QED) is 0.330. The molecule has 0 aromatic heterocycles. The minimum Gasteiger partial charge on any atom is -0.480 e. The fourth-order valence-electron chi connectivity index (χ4n) is 0.581. The van der Waals surface area contributed by atoms with E-state index in [9.17, 15) is 9.59 Å². The van der Waals surface area contributed by atoms with Crippen molar-refractivity contribution in [3.05, 3.63) is 0 Å². The number of nitrogens with one attached hydrogen (secondary N) is 1. The van der Waals surface area contributed by atoms with Crippen molar-refractivity contribution >= 4 is 24.1 Å². The monoisotopic (exact) mass is 207 g/mol. The highest BCUT2D eigenvalue weighted by Gasteiger charge is 2.15. The maximum Gasteiger partial charge on any atom is 0.327 e. The molecular weight excluding hydrogens is 194 g/mol. The lowest BCUT2D eigenvalue weighted by Gasteiger charge is -2.09. The number of aliphatic carboxylic acids is 1. The number of rotatable bonds is 8. The molecule has 1 amide bonds. The molecule has 1 unspecified atom stereocenters. The third kappa shape index (κ3) is 6.41. The lowest BCUT2D eigenvalue weighted by molar-refractivity contribution is -0.139. The number of hydrogen-bond acceptors (Lipinski definition) is 4. The van der Waals surface area contributed by atoms with Gasteiger partial charge in [0.05, 0.1) is 5.94 Å². The van der Waals surface area contributed by atoms with Crippen LogP contribution in [0.4, 0.5) is 0 Å². The van der Waals surface area contributed by atoms with Crippen molar-refractivity contribution in [2.24, 2.45) is 0 Å². The molecule has 2 N–H and O–H groups in total. The molecule has 0 saturated heterocycles. The lowest BCUT2D eigenvalue weighted by Crippen LogP contribution is -2.37. The van der Waals surface area contributed by atoms with Crippen LogP contribution in [0.2, 0.25) is 0 Å². The van der Waals surface area contributed by atoms with Crippen LogP contribution in [0, 0.1) is 0 Å². The zero-order valence-corrected chi connectivity index (χ0v) is 8.17. The minimum atomic E-state index is -1.03. The summed E-state index contributed by atoms with van der Waals surface area (Å²) in [6.45, 7) is 2.46. The normalized spacial score (nSPS) is 12.1. The van der Waals surface area contributed by atoms with Crippen LogP contribution >= 0.6 is 11.8 Å². The summed E-state index contributed by atoms with van der Waals surface area (Å²) in [5.41, 5.74) is 0. The van der Waals surface area contributed by atoms with Crippen molar-refractivity contribution in [1.29, 1.82) is 0 Å². The number of carbonyl (C=O) groups excluding carboxylic acids is 1. The molecular formula is C7H13NO4S. The van der Waals surface area contributed by atoms with Gasteiger partial charge in [-0.3, -0.25) is 4.79 Å². The summed E-state index contributed by atoms with van der Waals surface area (Å²) >= 11 is 1.33. The summed E-state index contributed by atoms with van der Waals surface area (Å²) in [6.07, 6.45) is 0.389. The van der Waals surface area contributed by atoms with E-state index in [1.54, 1.807) is 0 Å². The second kappa shape index (κ2) is 7.88. The summed E-state index contributed by atoms with van der Waals surface area (Å²) in [6, 6.07) is -0.831. The van der Waals surface area contributed by atoms with Crippen molar-refractivity contribution < 1.29 is 19.4 Å². The Hall–Kier alpha value is -0.750. The summed E-state index contributed by atoms with van der Waals surface area (Å²) < 4.78 is 5.00. The summed E-state index contributed by atoms with van der Waals surface area (Å²) in [7, 11) is 0. The van der Waals surface area contributed by atoms with Crippen LogP contribution in [0.15, 0.2) is 0 Å². The van der Waals surface area contributed by atoms with Crippen molar-refractivity contribution in [2.75, 3.05) is 18.3 Å². The molecule has 76 valence electrons. The minimum absolute atomic E-state index is 0.314. The molecule has 0 spiro atoms. The second-order valence-electron chi connectivity index (χ2n) is 2.16. The van der Waals surface area contributed by atoms with Crippen LogP contribution in [0.3, 0.4) is 0 Å². The Kier molecular flexibility index (Phi) is 7.42. The van der Waals surface area contributed by atoms with E-state index in [4.69, 9.17) is 9.84 Å². The summed E-state index contributed by atoms with van der Waals surface area (Å²) in [4.78, 5) is 20.5. The number of hydrogen-bond donors (Lipinski definition) is 2. The molecule has 0 aromatic carbocycles. The number of carboxylic acid groups (broad SMARTS) is 1. The van der Waals surface area contributed by atoms with Gasteiger partial charge in [0.15, 0.2) is 0 Å². The van der Waals surface area contributed by atoms with E-state index in [0.29, 0.717) is 24.7 Å². The Morgan fingerprint density at radius 2 is 2.46 bits per heavy atom. The fraction of sp³-hybridized carbons (Fsp3) is 0.714. The van der Waals surface area contributed by atoms with Crippen LogP contribution in [-0.4, -0.2) is 41.8 Å². The van der Waals surface area contributed by atoms with E-state index in [1.807, 2.05) is 6.92 Å². The number of amides is 1. The molecule has 0 aliphatic carbocycles. The second-order valence-corrected chi connectivity index (χ2v) is 3.13. The van der Waals surface area contributed by atoms with Crippen molar-refractivity contribution in [2.45, 2.75) is 13.0 Å². The van der Waals surface area contributed by atoms with Crippen molar-refractivity contribution in [3.63, 3.8) is 0 Å². The molecule has 0 rings (SSSR count). The third-order valence-corrected chi connectivity index (χ3v) is 2.12. The van der Waals surface area contributed by atoms with Crippen LogP contribution in [-0.2, 0) is 14.3 Å². The first-order valence-corrected chi connectivity index (χ1v) is 4.95. The van der Waals surface area contributed by atoms with Gasteiger partial charge < -0.3 is 15.2 Å². The molecule has 0 bridgehead atoms. The van der Waals surface area contributed by atoms with Crippen LogP contribution in [0.5, 0.6) is 0 Å². The predicted octanol–water partition coefficient (Wildman–Crippen LogP) is -0.0872. The lowest BCUT2D eigenvalue weighted by atomic mass is 10.3. The fourth-order valence-corrected chi connectivity index (χ4v) is 1.44. The molecule has 0 fully saturated rings. The number of thioether (sulfide) groups is 1. The Morgan fingerprint density at radius 3 is 2.92 bits per heavy atom. The van der Waals surface area contributed by atoms with Gasteiger partial charge in [0.2, 0.25) is 6.41 Å². The highest BCUT2D eigenvalue weighted by atomic mass is 32.2. The first-order chi connectivity index (χ1) is 6.22. The summed E-state index contributed by atoms with van der Waals surface area (Å²) in [5.74, 6) is -0.273. The molecule has 1 atom stereocenters. The SMILES string of the molecule is CCOCSCC(NC=O)C(=O)O. The highest BCUT2D eigenvalue weighted by Crippen LogP contribution is 2.03. The number of carbonyl (C=O) groups is 2. The molecule has 0 aliphatic rings. The molecule has 0 heterocycles. The van der Waals surface area contributed by atoms with Gasteiger partial charge in [0.25, 0.3) is 0 Å². The highest BCUT2D eigenvalue weighted by molar-refractivity contribution is 7.99. The van der Waals surface area contributed by atoms with Crippen LogP contribution in [0.1, 0.15) is 6.92 Å². The predicted molar refractivity (Wildman–Crippen MR) is 49.6 cm³/mol. The standard InChI is InChI=1S/C7H13NO4S/c1-2-12-5-13-3-6(7(10)11)8-4-9/h4,6H,2-3,5H2,1H3,(H,8,9)(H,10,11). The molecule has 0 aliphatic heterocycles. The average molecular weight is 207 g/mol. The van der Waals surface area contributed by atoms with E-state index in [1.165, 1.54) is 11.8 Å². The van der Waals surface area contributed by atoms with E-state index >= 15 is 0 Å². The molecule has 5 nitrogen and oxygen atoms in total. The first-order valence-electron chi connectivity index (χ1n) is 3.80. The maximum atomic E-state index is 10.5. The third-order valence-electron chi connectivity index (χ3n) is 1.22. The van der Waals surface area contributed by atoms with Gasteiger partial charge in [-0.15, -0.1) is 11.8 Å². The van der Waals surface area contributed by atoms with E-state index in [2.05, 4.69) is 5.32 Å². The van der Waals surface area contributed by atoms with Gasteiger partial charge in [0.1, 0.15) is 6.04 Å². The first kappa shape index (κ1) is 12.2. The van der Waals surface area contributed by atoms with Gasteiger partial charge in [-0.05, 0) is 6.92 Å². The number of carboxylic acids is 1. The topological polar surface area (TPSA) is 75.6 Å². The molecule has 0 radical (unpaired) electrons. The van der Waals surface area contributed by atoms with Crippen molar-refractivity contribution in [3.8, 4) is 0 Å². The molecule has 0 aromatic rings. The molecule has 0 saturated carbocycles. The van der Waals surface area contributed by atoms with Crippen LogP contribution < -0.4 is 5.32 Å². The van der Waals surface area contributed by atoms with E-state index in [-0.39, 0.29) is 0 Å². The Balaban J connectivity index is 3.56. The Bertz CT molecular complexity index is 165. The number of ether oxygens (including phenoxy) is 1. The zero-order valence-electron chi connectivity index (χ0n) is 7.36. The van der Waals surface area contributed by atoms with Gasteiger partial charge in [-0.2, -0.15) is 0 Å². The van der Waals surface area contributed by atoms with Gasteiger partial charge >= 0.3 is 5.97 Å². The zero-order chi connectivity index (χ0) is 10.1. The largest absolute Gasteiger partial charge is 0.480 e.